The van der Waals surface area contributed by atoms with Gasteiger partial charge in [0.1, 0.15) is 17.3 Å². The summed E-state index contributed by atoms with van der Waals surface area (Å²) in [6.45, 7) is 1.56. The van der Waals surface area contributed by atoms with Crippen LogP contribution < -0.4 is 10.5 Å². The minimum Gasteiger partial charge on any atom is -0.456 e. The fourth-order valence-electron chi connectivity index (χ4n) is 1.83. The number of halogens is 4. The van der Waals surface area contributed by atoms with Crippen LogP contribution in [0.3, 0.4) is 0 Å². The first-order chi connectivity index (χ1) is 10.2. The lowest BCUT2D eigenvalue weighted by atomic mass is 10.1. The van der Waals surface area contributed by atoms with Crippen LogP contribution in [0.15, 0.2) is 36.4 Å². The Hall–Kier alpha value is -2.57. The highest BCUT2D eigenvalue weighted by Gasteiger charge is 2.31. The molecular formula is C15H11F4NO2. The molecule has 1 amide bonds. The second kappa shape index (κ2) is 5.67. The number of carbonyl (C=O) groups is 1. The average Bonchev–Trinajstić information content (AvgIpc) is 2.40. The van der Waals surface area contributed by atoms with E-state index in [4.69, 9.17) is 10.5 Å². The lowest BCUT2D eigenvalue weighted by molar-refractivity contribution is -0.137. The molecule has 3 nitrogen and oxygen atoms in total. The first-order valence-corrected chi connectivity index (χ1v) is 6.13. The Morgan fingerprint density at radius 3 is 2.27 bits per heavy atom. The highest BCUT2D eigenvalue weighted by Crippen LogP contribution is 2.34. The van der Waals surface area contributed by atoms with Gasteiger partial charge in [-0.25, -0.2) is 4.39 Å². The minimum atomic E-state index is -4.60. The molecule has 0 radical (unpaired) electrons. The van der Waals surface area contributed by atoms with Crippen molar-refractivity contribution in [2.24, 2.45) is 5.73 Å². The van der Waals surface area contributed by atoms with Crippen LogP contribution in [0.5, 0.6) is 11.5 Å². The first-order valence-electron chi connectivity index (χ1n) is 6.13. The summed E-state index contributed by atoms with van der Waals surface area (Å²) in [6, 6.07) is 6.05. The van der Waals surface area contributed by atoms with Gasteiger partial charge < -0.3 is 10.5 Å². The molecule has 2 N–H and O–H groups in total. The van der Waals surface area contributed by atoms with Gasteiger partial charge in [-0.15, -0.1) is 0 Å². The molecular weight excluding hydrogens is 302 g/mol. The van der Waals surface area contributed by atoms with E-state index in [1.165, 1.54) is 12.1 Å². The second-order valence-electron chi connectivity index (χ2n) is 4.58. The van der Waals surface area contributed by atoms with Crippen LogP contribution in [0.1, 0.15) is 21.5 Å². The number of benzene rings is 2. The molecule has 2 aromatic rings. The maximum atomic E-state index is 13.0. The summed E-state index contributed by atoms with van der Waals surface area (Å²) in [6.07, 6.45) is -4.60. The van der Waals surface area contributed by atoms with Crippen molar-refractivity contribution in [1.29, 1.82) is 0 Å². The summed E-state index contributed by atoms with van der Waals surface area (Å²) in [5.41, 5.74) is 4.11. The highest BCUT2D eigenvalue weighted by atomic mass is 19.4. The van der Waals surface area contributed by atoms with Crippen LogP contribution in [0.25, 0.3) is 0 Å². The molecule has 0 unspecified atom stereocenters. The van der Waals surface area contributed by atoms with Gasteiger partial charge in [0.2, 0.25) is 0 Å². The van der Waals surface area contributed by atoms with Gasteiger partial charge in [-0.1, -0.05) is 0 Å². The van der Waals surface area contributed by atoms with Gasteiger partial charge in [-0.3, -0.25) is 4.79 Å². The molecule has 0 heterocycles. The van der Waals surface area contributed by atoms with Crippen LogP contribution in [0, 0.1) is 12.7 Å². The summed E-state index contributed by atoms with van der Waals surface area (Å²) >= 11 is 0. The molecule has 0 spiro atoms. The van der Waals surface area contributed by atoms with Crippen molar-refractivity contribution in [2.45, 2.75) is 13.1 Å². The van der Waals surface area contributed by atoms with Crippen molar-refractivity contribution >= 4 is 5.91 Å². The van der Waals surface area contributed by atoms with Crippen molar-refractivity contribution in [1.82, 2.24) is 0 Å². The number of nitrogens with two attached hydrogens (primary N) is 1. The van der Waals surface area contributed by atoms with Gasteiger partial charge in [0.15, 0.2) is 0 Å². The molecule has 0 aliphatic heterocycles. The number of hydrogen-bond acceptors (Lipinski definition) is 2. The number of carbonyl (C=O) groups excluding carboxylic acids is 1. The fraction of sp³-hybridized carbons (Fsp3) is 0.133. The Balaban J connectivity index is 2.44. The SMILES string of the molecule is Cc1cc(F)ccc1Oc1ccc(C(F)(F)F)cc1C(N)=O. The molecule has 2 rings (SSSR count). The lowest BCUT2D eigenvalue weighted by Gasteiger charge is -2.14. The topological polar surface area (TPSA) is 52.3 Å². The molecule has 22 heavy (non-hydrogen) atoms. The number of aryl methyl sites for hydroxylation is 1. The Morgan fingerprint density at radius 1 is 1.09 bits per heavy atom. The largest absolute Gasteiger partial charge is 0.456 e. The number of ether oxygens (including phenoxy) is 1. The van der Waals surface area contributed by atoms with Crippen LogP contribution in [-0.2, 0) is 6.18 Å². The summed E-state index contributed by atoms with van der Waals surface area (Å²) in [5, 5.41) is 0. The zero-order valence-corrected chi connectivity index (χ0v) is 11.4. The monoisotopic (exact) mass is 313 g/mol. The van der Waals surface area contributed by atoms with Gasteiger partial charge in [0.25, 0.3) is 5.91 Å². The maximum Gasteiger partial charge on any atom is 0.416 e. The van der Waals surface area contributed by atoms with Gasteiger partial charge >= 0.3 is 6.18 Å². The molecule has 116 valence electrons. The third kappa shape index (κ3) is 3.36. The van der Waals surface area contributed by atoms with Gasteiger partial charge in [0, 0.05) is 0 Å². The smallest absolute Gasteiger partial charge is 0.416 e. The van der Waals surface area contributed by atoms with Gasteiger partial charge in [-0.05, 0) is 48.9 Å². The van der Waals surface area contributed by atoms with Gasteiger partial charge in [0.05, 0.1) is 11.1 Å². The molecule has 2 aromatic carbocycles. The predicted molar refractivity (Wildman–Crippen MR) is 71.2 cm³/mol. The van der Waals surface area contributed by atoms with E-state index in [0.29, 0.717) is 11.6 Å². The van der Waals surface area contributed by atoms with E-state index in [9.17, 15) is 22.4 Å². The van der Waals surface area contributed by atoms with Crippen LogP contribution in [0.4, 0.5) is 17.6 Å². The van der Waals surface area contributed by atoms with Crippen LogP contribution in [-0.4, -0.2) is 5.91 Å². The Bertz CT molecular complexity index is 726. The second-order valence-corrected chi connectivity index (χ2v) is 4.58. The molecule has 0 aliphatic carbocycles. The lowest BCUT2D eigenvalue weighted by Crippen LogP contribution is -2.15. The number of rotatable bonds is 3. The third-order valence-electron chi connectivity index (χ3n) is 2.93. The molecule has 0 atom stereocenters. The van der Waals surface area contributed by atoms with E-state index in [-0.39, 0.29) is 11.5 Å². The molecule has 0 aromatic heterocycles. The van der Waals surface area contributed by atoms with E-state index in [1.54, 1.807) is 6.92 Å². The van der Waals surface area contributed by atoms with Gasteiger partial charge in [-0.2, -0.15) is 13.2 Å². The quantitative estimate of drug-likeness (QED) is 0.869. The molecule has 0 aliphatic rings. The van der Waals surface area contributed by atoms with Crippen LogP contribution in [0.2, 0.25) is 0 Å². The maximum absolute atomic E-state index is 13.0. The number of hydrogen-bond donors (Lipinski definition) is 1. The Morgan fingerprint density at radius 2 is 1.73 bits per heavy atom. The number of alkyl halides is 3. The van der Waals surface area contributed by atoms with E-state index < -0.39 is 29.0 Å². The average molecular weight is 313 g/mol. The predicted octanol–water partition coefficient (Wildman–Crippen LogP) is 4.04. The van der Waals surface area contributed by atoms with Crippen LogP contribution >= 0.6 is 0 Å². The molecule has 7 heteroatoms. The standard InChI is InChI=1S/C15H11F4NO2/c1-8-6-10(16)3-5-12(8)22-13-4-2-9(15(17,18)19)7-11(13)14(20)21/h2-7H,1H3,(H2,20,21). The van der Waals surface area contributed by atoms with E-state index in [1.807, 2.05) is 0 Å². The summed E-state index contributed by atoms with van der Waals surface area (Å²) in [4.78, 5) is 11.3. The summed E-state index contributed by atoms with van der Waals surface area (Å²) in [7, 11) is 0. The number of amides is 1. The molecule has 0 fully saturated rings. The summed E-state index contributed by atoms with van der Waals surface area (Å²) in [5.74, 6) is -1.45. The molecule has 0 saturated heterocycles. The Labute approximate surface area is 123 Å². The Kier molecular flexibility index (Phi) is 4.07. The highest BCUT2D eigenvalue weighted by molar-refractivity contribution is 5.96. The first kappa shape index (κ1) is 15.8. The molecule has 0 bridgehead atoms. The molecule has 0 saturated carbocycles. The van der Waals surface area contributed by atoms with E-state index in [0.717, 1.165) is 18.2 Å². The van der Waals surface area contributed by atoms with Crippen molar-refractivity contribution in [3.63, 3.8) is 0 Å². The zero-order valence-electron chi connectivity index (χ0n) is 11.4. The minimum absolute atomic E-state index is 0.129. The zero-order chi connectivity index (χ0) is 16.5. The fourth-order valence-corrected chi connectivity index (χ4v) is 1.83. The number of primary amides is 1. The van der Waals surface area contributed by atoms with Crippen molar-refractivity contribution in [3.05, 3.63) is 58.9 Å². The normalized spacial score (nSPS) is 11.3. The van der Waals surface area contributed by atoms with Crippen molar-refractivity contribution < 1.29 is 27.1 Å². The third-order valence-corrected chi connectivity index (χ3v) is 2.93. The summed E-state index contributed by atoms with van der Waals surface area (Å²) < 4.78 is 56.4. The van der Waals surface area contributed by atoms with Crippen molar-refractivity contribution in [2.75, 3.05) is 0 Å². The van der Waals surface area contributed by atoms with Crippen molar-refractivity contribution in [3.8, 4) is 11.5 Å². The van der Waals surface area contributed by atoms with E-state index in [2.05, 4.69) is 0 Å². The van der Waals surface area contributed by atoms with E-state index >= 15 is 0 Å².